The molecule has 21 nitrogen and oxygen atoms in total. The predicted molar refractivity (Wildman–Crippen MR) is 538 cm³/mol. The molecule has 0 aliphatic heterocycles. The first-order chi connectivity index (χ1) is 61.8. The predicted octanol–water partition coefficient (Wildman–Crippen LogP) is 20.2. The van der Waals surface area contributed by atoms with Gasteiger partial charge in [0.25, 0.3) is 0 Å². The Labute approximate surface area is 752 Å². The minimum atomic E-state index is 0.321. The molecule has 0 atom stereocenters. The Morgan fingerprint density at radius 2 is 0.583 bits per heavy atom. The van der Waals surface area contributed by atoms with Crippen LogP contribution in [-0.2, 0) is 51.4 Å². The summed E-state index contributed by atoms with van der Waals surface area (Å²) in [4.78, 5) is 39.7. The first-order valence-corrected chi connectivity index (χ1v) is 45.2. The maximum absolute atomic E-state index is 9.88. The van der Waals surface area contributed by atoms with Gasteiger partial charge in [0.15, 0.2) is 0 Å². The first-order valence-electron chi connectivity index (χ1n) is 45.2. The number of H-pyrrole nitrogens is 8. The van der Waals surface area contributed by atoms with Crippen LogP contribution in [0.4, 0.5) is 0 Å². The van der Waals surface area contributed by atoms with Crippen molar-refractivity contribution in [3.63, 3.8) is 0 Å². The van der Waals surface area contributed by atoms with Gasteiger partial charge < -0.3 is 101 Å². The fourth-order valence-corrected chi connectivity index (χ4v) is 16.0. The number of fused-ring (bicyclic) bond motifs is 8. The van der Waals surface area contributed by atoms with E-state index in [1.165, 1.54) is 105 Å². The van der Waals surface area contributed by atoms with Crippen LogP contribution in [0, 0.1) is 0 Å². The molecule has 0 aliphatic carbocycles. The minimum Gasteiger partial charge on any atom is -0.507 e. The number of rotatable bonds is 36. The van der Waals surface area contributed by atoms with Gasteiger partial charge >= 0.3 is 0 Å². The maximum Gasteiger partial charge on any atom is 0.125 e. The van der Waals surface area contributed by atoms with E-state index >= 15 is 0 Å². The van der Waals surface area contributed by atoms with Crippen LogP contribution in [0.15, 0.2) is 251 Å². The van der Waals surface area contributed by atoms with Crippen LogP contribution in [0.2, 0.25) is 0 Å². The van der Waals surface area contributed by atoms with Crippen LogP contribution >= 0.6 is 0 Å². The van der Waals surface area contributed by atoms with Crippen LogP contribution < -0.4 is 11.1 Å². The molecule has 0 unspecified atom stereocenters. The smallest absolute Gasteiger partial charge is 0.125 e. The topological polar surface area (TPSA) is 285 Å². The second-order valence-corrected chi connectivity index (χ2v) is 32.8. The van der Waals surface area contributed by atoms with Crippen LogP contribution in [0.25, 0.3) is 87.2 Å². The summed E-state index contributed by atoms with van der Waals surface area (Å²) in [6, 6.07) is 53.2. The van der Waals surface area contributed by atoms with Gasteiger partial charge in [-0.05, 0) is 276 Å². The van der Waals surface area contributed by atoms with E-state index in [4.69, 9.17) is 5.73 Å². The summed E-state index contributed by atoms with van der Waals surface area (Å²) in [5.41, 5.74) is 24.2. The molecule has 0 radical (unpaired) electrons. The van der Waals surface area contributed by atoms with E-state index in [0.717, 1.165) is 189 Å². The molecule has 127 heavy (non-hydrogen) atoms. The van der Waals surface area contributed by atoms with E-state index in [-0.39, 0.29) is 0 Å². The molecular formula is C106H142N16O5. The lowest BCUT2D eigenvalue weighted by molar-refractivity contribution is 0.278. The molecule has 16 rings (SSSR count). The van der Waals surface area contributed by atoms with E-state index < -0.39 is 0 Å². The number of hydrogen-bond acceptors (Lipinski definition) is 13. The lowest BCUT2D eigenvalue weighted by Gasteiger charge is -2.20. The summed E-state index contributed by atoms with van der Waals surface area (Å²) in [7, 11) is 12.4. The zero-order valence-corrected chi connectivity index (χ0v) is 76.9. The summed E-state index contributed by atoms with van der Waals surface area (Å²) < 4.78 is 0. The number of benzene rings is 8. The van der Waals surface area contributed by atoms with Gasteiger partial charge in [-0.2, -0.15) is 0 Å². The average Bonchev–Trinajstić information content (AvgIpc) is 1.70. The van der Waals surface area contributed by atoms with E-state index in [0.29, 0.717) is 35.3 Å². The van der Waals surface area contributed by atoms with Crippen molar-refractivity contribution in [1.82, 2.24) is 74.6 Å². The van der Waals surface area contributed by atoms with Gasteiger partial charge in [0.1, 0.15) is 28.7 Å². The Morgan fingerprint density at radius 3 is 0.913 bits per heavy atom. The number of aromatic nitrogens is 8. The summed E-state index contributed by atoms with van der Waals surface area (Å²) >= 11 is 0. The molecule has 0 saturated heterocycles. The summed E-state index contributed by atoms with van der Waals surface area (Å²) in [6.07, 6.45) is 33.6. The number of phenols is 5. The zero-order valence-electron chi connectivity index (χ0n) is 76.9. The highest BCUT2D eigenvalue weighted by atomic mass is 16.3. The highest BCUT2D eigenvalue weighted by molar-refractivity contribution is 5.93. The number of hydrogen-bond donors (Lipinski definition) is 15. The molecule has 21 heteroatoms. The highest BCUT2D eigenvalue weighted by Crippen LogP contribution is 2.33. The van der Waals surface area contributed by atoms with Gasteiger partial charge in [-0.25, -0.2) is 0 Å². The molecule has 8 aromatic heterocycles. The average molecular weight is 1720 g/mol. The molecule has 0 fully saturated rings. The SMILES string of the molecule is C=CCN(C)CCc1c[nH]c2ccccc12.C=CCN(CC=C)CCc1c[nH]c2ccccc12.CCCN(C)CCc1c[nH]c2cccc(O)c12.CCCN(CCC)CCc1c[nH]c2ccccc12.CCN(C)CCc1c[nH]c2cccc(O)c12.CN(C)CCc1c[nH]c2cccc(O)c12.CNCCc1c[nH]c2cccc(O)c12.NCCc1c[nH]c2cccc(O)c12. The molecule has 676 valence electrons. The molecular weight excluding hydrogens is 1580 g/mol. The second kappa shape index (κ2) is 52.8. The van der Waals surface area contributed by atoms with E-state index in [1.807, 2.05) is 117 Å². The normalized spacial score (nSPS) is 11.2. The number of phenolic OH excluding ortho intramolecular Hbond substituents is 5. The van der Waals surface area contributed by atoms with Gasteiger partial charge in [-0.3, -0.25) is 4.90 Å². The molecule has 0 amide bonds. The number of aromatic hydroxyl groups is 5. The van der Waals surface area contributed by atoms with Gasteiger partial charge in [0.05, 0.1) is 0 Å². The Bertz CT molecular complexity index is 5880. The Balaban J connectivity index is 0.000000164. The van der Waals surface area contributed by atoms with Crippen LogP contribution in [0.3, 0.4) is 0 Å². The monoisotopic (exact) mass is 1720 g/mol. The number of nitrogens with one attached hydrogen (secondary N) is 9. The third-order valence-corrected chi connectivity index (χ3v) is 22.9. The van der Waals surface area contributed by atoms with Crippen molar-refractivity contribution in [3.8, 4) is 28.7 Å². The fourth-order valence-electron chi connectivity index (χ4n) is 16.0. The van der Waals surface area contributed by atoms with Gasteiger partial charge in [0.2, 0.25) is 0 Å². The molecule has 0 spiro atoms. The molecule has 8 aromatic carbocycles. The third kappa shape index (κ3) is 29.5. The lowest BCUT2D eigenvalue weighted by atomic mass is 10.1. The lowest BCUT2D eigenvalue weighted by Crippen LogP contribution is -2.27. The van der Waals surface area contributed by atoms with Crippen LogP contribution in [-0.4, -0.2) is 235 Å². The molecule has 16 N–H and O–H groups in total. The van der Waals surface area contributed by atoms with Crippen molar-refractivity contribution >= 4 is 87.2 Å². The van der Waals surface area contributed by atoms with Gasteiger partial charge in [0, 0.05) is 196 Å². The van der Waals surface area contributed by atoms with Gasteiger partial charge in [-0.1, -0.05) is 131 Å². The van der Waals surface area contributed by atoms with E-state index in [1.54, 1.807) is 30.3 Å². The molecule has 8 heterocycles. The second-order valence-electron chi connectivity index (χ2n) is 32.8. The number of para-hydroxylation sites is 3. The summed E-state index contributed by atoms with van der Waals surface area (Å²) in [6.45, 7) is 35.4. The third-order valence-electron chi connectivity index (χ3n) is 22.9. The molecule has 16 aromatic rings. The zero-order chi connectivity index (χ0) is 90.8. The maximum atomic E-state index is 9.88. The van der Waals surface area contributed by atoms with E-state index in [2.05, 4.69) is 249 Å². The van der Waals surface area contributed by atoms with Crippen molar-refractivity contribution in [2.75, 3.05) is 140 Å². The molecule has 0 saturated carbocycles. The minimum absolute atomic E-state index is 0.321. The number of nitrogens with two attached hydrogens (primary N) is 1. The summed E-state index contributed by atoms with van der Waals surface area (Å²) in [5, 5.41) is 60.7. The van der Waals surface area contributed by atoms with Gasteiger partial charge in [-0.15, -0.1) is 19.7 Å². The Hall–Kier alpha value is -12.0. The van der Waals surface area contributed by atoms with Crippen molar-refractivity contribution in [2.45, 2.75) is 98.3 Å². The van der Waals surface area contributed by atoms with Crippen molar-refractivity contribution in [2.24, 2.45) is 5.73 Å². The standard InChI is InChI=1S/C16H24N2.C16H20N2.C14H20N2O.C14H18N2.C13H18N2O.C12H16N2O.C11H14N2O.C10H12N2O/c2*1-3-10-18(11-4-2)12-9-14-13-17-16-8-6-5-7-15(14)16;1-3-8-16(2)9-7-11-10-15-12-5-4-6-13(17)14(11)12;1-3-9-16(2)10-8-12-11-15-14-7-5-4-6-13(12)14;1-3-15(2)8-7-10-9-14-11-5-4-6-12(16)13(10)11;1-14(2)7-6-9-8-13-10-4-3-5-11(15)12(9)10;1-12-6-5-8-7-13-9-3-2-4-10(14)11(8)9;11-5-4-7-6-12-8-2-1-3-9(13)10(7)8/h5-8,13,17H,3-4,9-12H2,1-2H3;3-8,13,17H,1-2,9-12H2;4-6,10,15,17H,3,7-9H2,1-2H3;3-7,11,15H,1,8-10H2,2H3;4-6,9,14,16H,3,7-8H2,1-2H3;3-5,8,13,15H,6-7H2,1-2H3;2-4,7,12-14H,5-6H2,1H3;1-3,6,12-13H,4-5,11H2. The molecule has 0 bridgehead atoms. The van der Waals surface area contributed by atoms with E-state index in [9.17, 15) is 25.5 Å². The Morgan fingerprint density at radius 1 is 0.299 bits per heavy atom. The van der Waals surface area contributed by atoms with Crippen molar-refractivity contribution < 1.29 is 25.5 Å². The highest BCUT2D eigenvalue weighted by Gasteiger charge is 2.15. The number of aromatic amines is 8. The van der Waals surface area contributed by atoms with Crippen LogP contribution in [0.5, 0.6) is 28.7 Å². The first kappa shape index (κ1) is 98.8. The molecule has 0 aliphatic rings. The Kier molecular flexibility index (Phi) is 41.1. The van der Waals surface area contributed by atoms with Crippen molar-refractivity contribution in [3.05, 3.63) is 296 Å². The largest absolute Gasteiger partial charge is 0.507 e. The van der Waals surface area contributed by atoms with Crippen LogP contribution in [0.1, 0.15) is 91.5 Å². The number of likely N-dealkylation sites (N-methyl/N-ethyl adjacent to an activating group) is 5. The quantitative estimate of drug-likeness (QED) is 0.0163. The van der Waals surface area contributed by atoms with Crippen molar-refractivity contribution in [1.29, 1.82) is 0 Å². The summed E-state index contributed by atoms with van der Waals surface area (Å²) in [5.74, 6) is 1.78. The number of nitrogens with zero attached hydrogens (tertiary/aromatic N) is 6. The fraction of sp³-hybridized carbons (Fsp3) is 0.340.